The van der Waals surface area contributed by atoms with Gasteiger partial charge in [0.15, 0.2) is 5.11 Å². The van der Waals surface area contributed by atoms with Gasteiger partial charge in [-0.3, -0.25) is 14.3 Å². The van der Waals surface area contributed by atoms with Gasteiger partial charge < -0.3 is 10.2 Å². The first-order valence-electron chi connectivity index (χ1n) is 10.6. The molecule has 0 spiro atoms. The first kappa shape index (κ1) is 21.5. The highest BCUT2D eigenvalue weighted by atomic mass is 32.1. The van der Waals surface area contributed by atoms with Crippen LogP contribution in [-0.2, 0) is 19.6 Å². The number of rotatable bonds is 6. The number of aromatic nitrogens is 4. The fourth-order valence-electron chi connectivity index (χ4n) is 3.83. The van der Waals surface area contributed by atoms with Crippen LogP contribution in [0.2, 0.25) is 0 Å². The molecular weight excluding hydrogens is 413 g/mol. The van der Waals surface area contributed by atoms with Crippen molar-refractivity contribution in [2.45, 2.75) is 33.5 Å². The molecule has 0 unspecified atom stereocenters. The SMILES string of the molecule is CCn1ncc(Cn2cc(NC(=S)N3CCN(Cc4ccccc4F)CC3)cn2)c1C. The van der Waals surface area contributed by atoms with Crippen LogP contribution in [-0.4, -0.2) is 60.7 Å². The summed E-state index contributed by atoms with van der Waals surface area (Å²) in [7, 11) is 0. The first-order chi connectivity index (χ1) is 15.0. The second-order valence-electron chi connectivity index (χ2n) is 7.78. The lowest BCUT2D eigenvalue weighted by atomic mass is 10.2. The van der Waals surface area contributed by atoms with E-state index in [9.17, 15) is 4.39 Å². The standard InChI is InChI=1S/C22H28FN7S/c1-3-30-17(2)19(12-25-30)15-29-16-20(13-24-29)26-22(31)28-10-8-27(9-11-28)14-18-6-4-5-7-21(18)23/h4-7,12-13,16H,3,8-11,14-15H2,1-2H3,(H,26,31). The summed E-state index contributed by atoms with van der Waals surface area (Å²) in [6.07, 6.45) is 5.66. The fraction of sp³-hybridized carbons (Fsp3) is 0.409. The molecule has 7 nitrogen and oxygen atoms in total. The summed E-state index contributed by atoms with van der Waals surface area (Å²) in [6.45, 7) is 9.63. The quantitative estimate of drug-likeness (QED) is 0.594. The number of aryl methyl sites for hydroxylation is 1. The molecule has 0 saturated carbocycles. The third kappa shape index (κ3) is 5.11. The van der Waals surface area contributed by atoms with Crippen molar-refractivity contribution in [1.29, 1.82) is 0 Å². The summed E-state index contributed by atoms with van der Waals surface area (Å²) in [6, 6.07) is 6.97. The number of hydrogen-bond acceptors (Lipinski definition) is 4. The Morgan fingerprint density at radius 2 is 1.84 bits per heavy atom. The number of halogens is 1. The van der Waals surface area contributed by atoms with Crippen molar-refractivity contribution in [1.82, 2.24) is 29.4 Å². The molecule has 1 saturated heterocycles. The van der Waals surface area contributed by atoms with Crippen LogP contribution >= 0.6 is 12.2 Å². The van der Waals surface area contributed by atoms with E-state index in [0.29, 0.717) is 18.2 Å². The minimum atomic E-state index is -0.142. The highest BCUT2D eigenvalue weighted by Gasteiger charge is 2.20. The van der Waals surface area contributed by atoms with E-state index in [1.807, 2.05) is 33.9 Å². The number of benzene rings is 1. The lowest BCUT2D eigenvalue weighted by Gasteiger charge is -2.36. The summed E-state index contributed by atoms with van der Waals surface area (Å²) < 4.78 is 17.8. The molecule has 1 N–H and O–H groups in total. The van der Waals surface area contributed by atoms with Crippen LogP contribution in [0.4, 0.5) is 10.1 Å². The van der Waals surface area contributed by atoms with Crippen molar-refractivity contribution >= 4 is 23.0 Å². The van der Waals surface area contributed by atoms with Crippen molar-refractivity contribution in [3.63, 3.8) is 0 Å². The van der Waals surface area contributed by atoms with E-state index in [4.69, 9.17) is 12.2 Å². The van der Waals surface area contributed by atoms with Gasteiger partial charge in [0.2, 0.25) is 0 Å². The summed E-state index contributed by atoms with van der Waals surface area (Å²) in [5.74, 6) is -0.142. The zero-order valence-electron chi connectivity index (χ0n) is 18.0. The van der Waals surface area contributed by atoms with Crippen molar-refractivity contribution in [2.24, 2.45) is 0 Å². The molecule has 0 atom stereocenters. The van der Waals surface area contributed by atoms with Gasteiger partial charge in [0.25, 0.3) is 0 Å². The summed E-state index contributed by atoms with van der Waals surface area (Å²) in [5, 5.41) is 12.8. The normalized spacial score (nSPS) is 14.7. The minimum absolute atomic E-state index is 0.142. The van der Waals surface area contributed by atoms with Crippen molar-refractivity contribution < 1.29 is 4.39 Å². The maximum Gasteiger partial charge on any atom is 0.173 e. The third-order valence-electron chi connectivity index (χ3n) is 5.73. The Morgan fingerprint density at radius 1 is 1.06 bits per heavy atom. The molecule has 0 radical (unpaired) electrons. The average Bonchev–Trinajstić information content (AvgIpc) is 3.36. The highest BCUT2D eigenvalue weighted by molar-refractivity contribution is 7.80. The van der Waals surface area contributed by atoms with Gasteiger partial charge in [0.1, 0.15) is 5.82 Å². The zero-order chi connectivity index (χ0) is 21.8. The van der Waals surface area contributed by atoms with Gasteiger partial charge in [-0.2, -0.15) is 10.2 Å². The van der Waals surface area contributed by atoms with E-state index in [0.717, 1.165) is 55.2 Å². The molecular formula is C22H28FN7S. The molecule has 31 heavy (non-hydrogen) atoms. The van der Waals surface area contributed by atoms with Crippen LogP contribution in [0, 0.1) is 12.7 Å². The predicted octanol–water partition coefficient (Wildman–Crippen LogP) is 3.11. The molecule has 0 aliphatic carbocycles. The molecule has 164 valence electrons. The first-order valence-corrected chi connectivity index (χ1v) is 11.0. The number of piperazine rings is 1. The van der Waals surface area contributed by atoms with E-state index < -0.39 is 0 Å². The average molecular weight is 442 g/mol. The van der Waals surface area contributed by atoms with E-state index in [1.165, 1.54) is 6.07 Å². The lowest BCUT2D eigenvalue weighted by Crippen LogP contribution is -2.49. The topological polar surface area (TPSA) is 54.2 Å². The Kier molecular flexibility index (Phi) is 6.62. The zero-order valence-corrected chi connectivity index (χ0v) is 18.8. The van der Waals surface area contributed by atoms with Gasteiger partial charge in [-0.15, -0.1) is 0 Å². The smallest absolute Gasteiger partial charge is 0.173 e. The number of nitrogens with zero attached hydrogens (tertiary/aromatic N) is 6. The van der Waals surface area contributed by atoms with Gasteiger partial charge in [-0.25, -0.2) is 4.39 Å². The van der Waals surface area contributed by atoms with Crippen LogP contribution < -0.4 is 5.32 Å². The molecule has 0 amide bonds. The van der Waals surface area contributed by atoms with Crippen LogP contribution in [0.1, 0.15) is 23.7 Å². The molecule has 2 aromatic heterocycles. The highest BCUT2D eigenvalue weighted by Crippen LogP contribution is 2.15. The Morgan fingerprint density at radius 3 is 2.55 bits per heavy atom. The second-order valence-corrected chi connectivity index (χ2v) is 8.17. The second kappa shape index (κ2) is 9.57. The van der Waals surface area contributed by atoms with Crippen LogP contribution in [0.5, 0.6) is 0 Å². The molecule has 1 aliphatic rings. The van der Waals surface area contributed by atoms with Crippen LogP contribution in [0.25, 0.3) is 0 Å². The Bertz CT molecular complexity index is 1040. The van der Waals surface area contributed by atoms with Crippen LogP contribution in [0.15, 0.2) is 42.9 Å². The van der Waals surface area contributed by atoms with Gasteiger partial charge in [0, 0.05) is 62.3 Å². The van der Waals surface area contributed by atoms with Crippen molar-refractivity contribution in [2.75, 3.05) is 31.5 Å². The van der Waals surface area contributed by atoms with E-state index in [1.54, 1.807) is 12.3 Å². The Labute approximate surface area is 187 Å². The number of nitrogens with one attached hydrogen (secondary N) is 1. The fourth-order valence-corrected chi connectivity index (χ4v) is 4.13. The van der Waals surface area contributed by atoms with E-state index in [-0.39, 0.29) is 5.82 Å². The number of thiocarbonyl (C=S) groups is 1. The lowest BCUT2D eigenvalue weighted by molar-refractivity contribution is 0.175. The largest absolute Gasteiger partial charge is 0.346 e. The maximum atomic E-state index is 13.9. The number of hydrogen-bond donors (Lipinski definition) is 1. The number of anilines is 1. The van der Waals surface area contributed by atoms with Gasteiger partial charge >= 0.3 is 0 Å². The van der Waals surface area contributed by atoms with Gasteiger partial charge in [-0.1, -0.05) is 18.2 Å². The molecule has 9 heteroatoms. The van der Waals surface area contributed by atoms with Crippen LogP contribution in [0.3, 0.4) is 0 Å². The molecule has 1 aliphatic heterocycles. The predicted molar refractivity (Wildman–Crippen MR) is 123 cm³/mol. The minimum Gasteiger partial charge on any atom is -0.346 e. The summed E-state index contributed by atoms with van der Waals surface area (Å²) in [4.78, 5) is 4.41. The molecule has 1 aromatic carbocycles. The molecule has 1 fully saturated rings. The Balaban J connectivity index is 1.27. The van der Waals surface area contributed by atoms with Crippen molar-refractivity contribution in [3.8, 4) is 0 Å². The van der Waals surface area contributed by atoms with Gasteiger partial charge in [0.05, 0.1) is 24.6 Å². The molecule has 3 aromatic rings. The summed E-state index contributed by atoms with van der Waals surface area (Å²) in [5.41, 5.74) is 3.93. The van der Waals surface area contributed by atoms with Gasteiger partial charge in [-0.05, 0) is 32.1 Å². The maximum absolute atomic E-state index is 13.9. The third-order valence-corrected chi connectivity index (χ3v) is 6.09. The van der Waals surface area contributed by atoms with Crippen molar-refractivity contribution in [3.05, 3.63) is 65.5 Å². The monoisotopic (exact) mass is 441 g/mol. The summed E-state index contributed by atoms with van der Waals surface area (Å²) >= 11 is 5.61. The van der Waals surface area contributed by atoms with E-state index >= 15 is 0 Å². The molecule has 3 heterocycles. The Hall–Kier alpha value is -2.78. The molecule has 0 bridgehead atoms. The molecule has 4 rings (SSSR count). The van der Waals surface area contributed by atoms with E-state index in [2.05, 4.69) is 39.2 Å².